The van der Waals surface area contributed by atoms with Crippen LogP contribution < -0.4 is 4.90 Å². The number of piperazine rings is 1. The van der Waals surface area contributed by atoms with Crippen LogP contribution in [0.15, 0.2) is 24.3 Å². The van der Waals surface area contributed by atoms with Crippen LogP contribution in [0.2, 0.25) is 5.28 Å². The number of nitrogens with zero attached hydrogens (tertiary/aromatic N) is 6. The molecule has 0 spiro atoms. The summed E-state index contributed by atoms with van der Waals surface area (Å²) >= 11 is 6.40. The molecule has 1 aromatic carbocycles. The first-order valence-corrected chi connectivity index (χ1v) is 14.3. The van der Waals surface area contributed by atoms with Crippen molar-refractivity contribution in [1.29, 1.82) is 0 Å². The lowest BCUT2D eigenvalue weighted by molar-refractivity contribution is -0.137. The summed E-state index contributed by atoms with van der Waals surface area (Å²) in [6.45, 7) is 6.83. The maximum Gasteiger partial charge on any atom is 0.416 e. The Morgan fingerprint density at radius 2 is 1.83 bits per heavy atom. The first kappa shape index (κ1) is 28.5. The molecular formula is C28H32ClF5N6O. The van der Waals surface area contributed by atoms with Crippen LogP contribution in [0.1, 0.15) is 55.6 Å². The van der Waals surface area contributed by atoms with Gasteiger partial charge >= 0.3 is 6.18 Å². The third-order valence-corrected chi connectivity index (χ3v) is 8.79. The lowest BCUT2D eigenvalue weighted by Crippen LogP contribution is -2.56. The molecular weight excluding hydrogens is 567 g/mol. The predicted octanol–water partition coefficient (Wildman–Crippen LogP) is 6.28. The first-order valence-electron chi connectivity index (χ1n) is 14.0. The van der Waals surface area contributed by atoms with Crippen molar-refractivity contribution in [3.8, 4) is 0 Å². The molecule has 222 valence electrons. The summed E-state index contributed by atoms with van der Waals surface area (Å²) in [5.74, 6) is -1.70. The van der Waals surface area contributed by atoms with E-state index in [1.54, 1.807) is 0 Å². The van der Waals surface area contributed by atoms with Crippen molar-refractivity contribution in [3.63, 3.8) is 0 Å². The maximum atomic E-state index is 13.9. The molecule has 13 heteroatoms. The molecule has 6 rings (SSSR count). The van der Waals surface area contributed by atoms with Crippen molar-refractivity contribution >= 4 is 28.6 Å². The zero-order chi connectivity index (χ0) is 29.1. The molecule has 3 aromatic rings. The minimum atomic E-state index is -4.46. The van der Waals surface area contributed by atoms with Crippen LogP contribution >= 0.6 is 11.6 Å². The second-order valence-corrected chi connectivity index (χ2v) is 11.9. The number of rotatable bonds is 6. The topological polar surface area (TPSA) is 59.3 Å². The van der Waals surface area contributed by atoms with E-state index in [0.29, 0.717) is 48.7 Å². The molecule has 4 heterocycles. The van der Waals surface area contributed by atoms with Crippen molar-refractivity contribution < 1.29 is 26.7 Å². The minimum absolute atomic E-state index is 0.0896. The molecule has 1 saturated carbocycles. The highest BCUT2D eigenvalue weighted by molar-refractivity contribution is 6.28. The van der Waals surface area contributed by atoms with E-state index in [2.05, 4.69) is 19.8 Å². The van der Waals surface area contributed by atoms with Crippen molar-refractivity contribution in [2.75, 3.05) is 31.1 Å². The summed E-state index contributed by atoms with van der Waals surface area (Å²) in [4.78, 5) is 18.1. The molecule has 3 aliphatic rings. The highest BCUT2D eigenvalue weighted by Gasteiger charge is 2.51. The fourth-order valence-corrected chi connectivity index (χ4v) is 6.77. The Balaban J connectivity index is 1.26. The van der Waals surface area contributed by atoms with Crippen molar-refractivity contribution in [2.45, 2.75) is 76.4 Å². The number of fused-ring (bicyclic) bond motifs is 1. The van der Waals surface area contributed by atoms with Gasteiger partial charge in [0.25, 0.3) is 0 Å². The molecule has 3 unspecified atom stereocenters. The fourth-order valence-electron chi connectivity index (χ4n) is 6.61. The zero-order valence-corrected chi connectivity index (χ0v) is 23.6. The van der Waals surface area contributed by atoms with Crippen LogP contribution in [0.5, 0.6) is 0 Å². The van der Waals surface area contributed by atoms with E-state index in [-0.39, 0.29) is 36.2 Å². The van der Waals surface area contributed by atoms with Gasteiger partial charge in [0.15, 0.2) is 17.0 Å². The van der Waals surface area contributed by atoms with Crippen LogP contribution in [0.4, 0.5) is 27.8 Å². The number of imidazole rings is 1. The molecule has 0 N–H and O–H groups in total. The lowest BCUT2D eigenvalue weighted by Gasteiger charge is -2.49. The van der Waals surface area contributed by atoms with E-state index >= 15 is 0 Å². The standard InChI is InChI=1S/C28H32ClF5N6O/c1-16-14-38(23(19-12-27(30,31)13-19)18-5-7-20(8-6-18)28(32,33)34)9-10-39(16)24-22-25(37-26(29)36-24)40(17(2)35-22)15-21-4-3-11-41-21/h5-8,16,19,21,23H,3-4,9-15H2,1-2H3. The van der Waals surface area contributed by atoms with Gasteiger partial charge in [0.1, 0.15) is 5.82 Å². The Bertz CT molecular complexity index is 1400. The second-order valence-electron chi connectivity index (χ2n) is 11.5. The Hall–Kier alpha value is -2.57. The Morgan fingerprint density at radius 1 is 1.10 bits per heavy atom. The van der Waals surface area contributed by atoms with Crippen LogP contribution in [0, 0.1) is 12.8 Å². The SMILES string of the molecule is Cc1nc2c(N3CCN(C(c4ccc(C(F)(F)F)cc4)C4CC(F)(F)C4)CC3C)nc(Cl)nc2n1CC1CCCO1. The summed E-state index contributed by atoms with van der Waals surface area (Å²) < 4.78 is 75.3. The summed E-state index contributed by atoms with van der Waals surface area (Å²) in [5.41, 5.74) is 1.15. The molecule has 41 heavy (non-hydrogen) atoms. The predicted molar refractivity (Wildman–Crippen MR) is 144 cm³/mol. The third-order valence-electron chi connectivity index (χ3n) is 8.62. The van der Waals surface area contributed by atoms with E-state index in [9.17, 15) is 22.0 Å². The molecule has 2 aliphatic heterocycles. The number of ether oxygens (including phenoxy) is 1. The summed E-state index contributed by atoms with van der Waals surface area (Å²) in [5, 5.41) is 0.106. The molecule has 1 aliphatic carbocycles. The van der Waals surface area contributed by atoms with Gasteiger partial charge in [-0.25, -0.2) is 13.8 Å². The van der Waals surface area contributed by atoms with E-state index in [1.807, 2.05) is 18.4 Å². The molecule has 3 fully saturated rings. The number of halogens is 6. The summed E-state index contributed by atoms with van der Waals surface area (Å²) in [7, 11) is 0. The minimum Gasteiger partial charge on any atom is -0.376 e. The summed E-state index contributed by atoms with van der Waals surface area (Å²) in [6, 6.07) is 4.42. The monoisotopic (exact) mass is 598 g/mol. The number of aromatic nitrogens is 4. The number of hydrogen-bond acceptors (Lipinski definition) is 6. The molecule has 2 saturated heterocycles. The summed E-state index contributed by atoms with van der Waals surface area (Å²) in [6.07, 6.45) is -2.95. The van der Waals surface area contributed by atoms with E-state index in [4.69, 9.17) is 21.3 Å². The lowest BCUT2D eigenvalue weighted by atomic mass is 9.73. The van der Waals surface area contributed by atoms with E-state index < -0.39 is 23.7 Å². The highest BCUT2D eigenvalue weighted by Crippen LogP contribution is 2.51. The van der Waals surface area contributed by atoms with E-state index in [0.717, 1.165) is 37.4 Å². The van der Waals surface area contributed by atoms with Gasteiger partial charge in [-0.1, -0.05) is 12.1 Å². The van der Waals surface area contributed by atoms with Crippen molar-refractivity contribution in [1.82, 2.24) is 24.4 Å². The first-order chi connectivity index (χ1) is 19.4. The van der Waals surface area contributed by atoms with Crippen LogP contribution in [0.25, 0.3) is 11.2 Å². The molecule has 2 aromatic heterocycles. The normalized spacial score (nSPS) is 24.6. The number of hydrogen-bond donors (Lipinski definition) is 0. The average molecular weight is 599 g/mol. The zero-order valence-electron chi connectivity index (χ0n) is 22.8. The molecule has 0 amide bonds. The van der Waals surface area contributed by atoms with Crippen molar-refractivity contribution in [2.24, 2.45) is 5.92 Å². The van der Waals surface area contributed by atoms with Gasteiger partial charge in [0.05, 0.1) is 18.2 Å². The van der Waals surface area contributed by atoms with Gasteiger partial charge < -0.3 is 14.2 Å². The average Bonchev–Trinajstić information content (AvgIpc) is 3.51. The molecule has 0 radical (unpaired) electrons. The quantitative estimate of drug-likeness (QED) is 0.246. The van der Waals surface area contributed by atoms with Crippen molar-refractivity contribution in [3.05, 3.63) is 46.5 Å². The van der Waals surface area contributed by atoms with Crippen LogP contribution in [0.3, 0.4) is 0 Å². The van der Waals surface area contributed by atoms with Gasteiger partial charge in [-0.05, 0) is 61.9 Å². The fraction of sp³-hybridized carbons (Fsp3) is 0.607. The molecule has 7 nitrogen and oxygen atoms in total. The van der Waals surface area contributed by atoms with Gasteiger partial charge in [0.2, 0.25) is 11.2 Å². The van der Waals surface area contributed by atoms with Gasteiger partial charge in [-0.2, -0.15) is 23.1 Å². The van der Waals surface area contributed by atoms with E-state index in [1.165, 1.54) is 12.1 Å². The van der Waals surface area contributed by atoms with Crippen LogP contribution in [-0.4, -0.2) is 68.7 Å². The van der Waals surface area contributed by atoms with Gasteiger partial charge in [-0.3, -0.25) is 4.90 Å². The Morgan fingerprint density at radius 3 is 2.44 bits per heavy atom. The number of anilines is 1. The van der Waals surface area contributed by atoms with Gasteiger partial charge in [0, 0.05) is 51.2 Å². The molecule has 0 bridgehead atoms. The Labute approximate surface area is 239 Å². The highest BCUT2D eigenvalue weighted by atomic mass is 35.5. The Kier molecular flexibility index (Phi) is 7.39. The number of aryl methyl sites for hydroxylation is 1. The number of benzene rings is 1. The third kappa shape index (κ3) is 5.62. The molecule has 3 atom stereocenters. The van der Waals surface area contributed by atoms with Crippen LogP contribution in [-0.2, 0) is 17.5 Å². The maximum absolute atomic E-state index is 13.9. The smallest absolute Gasteiger partial charge is 0.376 e. The largest absolute Gasteiger partial charge is 0.416 e. The van der Waals surface area contributed by atoms with Gasteiger partial charge in [-0.15, -0.1) is 0 Å². The second kappa shape index (κ2) is 10.6. The number of alkyl halides is 5.